The second-order valence-corrected chi connectivity index (χ2v) is 22.0. The van der Waals surface area contributed by atoms with Crippen LogP contribution >= 0.6 is 35.3 Å². The van der Waals surface area contributed by atoms with Crippen LogP contribution in [0, 0.1) is 12.8 Å². The zero-order chi connectivity index (χ0) is 47.4. The van der Waals surface area contributed by atoms with Crippen LogP contribution in [0.1, 0.15) is 55.4 Å². The van der Waals surface area contributed by atoms with Gasteiger partial charge in [0.05, 0.1) is 40.5 Å². The number of ether oxygens (including phenoxy) is 1. The maximum absolute atomic E-state index is 14.6. The monoisotopic (exact) mass is 988 g/mol. The number of alkyl halides is 3. The highest BCUT2D eigenvalue weighted by Gasteiger charge is 2.54. The Morgan fingerprint density at radius 2 is 1.60 bits per heavy atom. The first-order valence-electron chi connectivity index (χ1n) is 22.3. The summed E-state index contributed by atoms with van der Waals surface area (Å²) in [7, 11) is -5.63. The second-order valence-electron chi connectivity index (χ2n) is 17.6. The first-order valence-corrected chi connectivity index (χ1v) is 26.0. The molecule has 0 bridgehead atoms. The Kier molecular flexibility index (Phi) is 12.9. The van der Waals surface area contributed by atoms with Gasteiger partial charge in [0.1, 0.15) is 17.3 Å². The Morgan fingerprint density at radius 3 is 2.27 bits per heavy atom. The van der Waals surface area contributed by atoms with Crippen molar-refractivity contribution in [1.82, 2.24) is 14.4 Å². The van der Waals surface area contributed by atoms with E-state index < -0.39 is 25.7 Å². The highest BCUT2D eigenvalue weighted by atomic mass is 35.5. The van der Waals surface area contributed by atoms with E-state index in [-0.39, 0.29) is 30.1 Å². The first kappa shape index (κ1) is 46.9. The fourth-order valence-electron chi connectivity index (χ4n) is 9.97. The number of carbonyl (C=O) groups excluding carboxylic acids is 1. The number of fused-ring (bicyclic) bond motifs is 2. The van der Waals surface area contributed by atoms with Gasteiger partial charge in [0, 0.05) is 87.7 Å². The second kappa shape index (κ2) is 18.4. The van der Waals surface area contributed by atoms with Crippen LogP contribution in [-0.2, 0) is 20.0 Å². The average Bonchev–Trinajstić information content (AvgIpc) is 3.64. The van der Waals surface area contributed by atoms with Crippen molar-refractivity contribution >= 4 is 68.1 Å². The molecule has 2 atom stereocenters. The fourth-order valence-corrected chi connectivity index (χ4v) is 12.6. The predicted molar refractivity (Wildman–Crippen MR) is 264 cm³/mol. The largest absolute Gasteiger partial charge is 0.501 e. The summed E-state index contributed by atoms with van der Waals surface area (Å²) in [6.45, 7) is 15.0. The van der Waals surface area contributed by atoms with Gasteiger partial charge >= 0.3 is 5.51 Å². The van der Waals surface area contributed by atoms with Gasteiger partial charge in [-0.2, -0.15) is 13.2 Å². The Morgan fingerprint density at radius 1 is 0.910 bits per heavy atom. The molecule has 352 valence electrons. The molecule has 4 aliphatic rings. The quantitative estimate of drug-likeness (QED) is 0.0674. The lowest BCUT2D eigenvalue weighted by atomic mass is 9.67. The van der Waals surface area contributed by atoms with Crippen molar-refractivity contribution in [2.24, 2.45) is 5.92 Å². The van der Waals surface area contributed by atoms with Gasteiger partial charge in [-0.25, -0.2) is 8.42 Å². The molecule has 0 spiro atoms. The van der Waals surface area contributed by atoms with Crippen LogP contribution in [0.15, 0.2) is 135 Å². The summed E-state index contributed by atoms with van der Waals surface area (Å²) in [5, 5.41) is 3.55. The Hall–Kier alpha value is -5.16. The van der Waals surface area contributed by atoms with Crippen molar-refractivity contribution < 1.29 is 31.1 Å². The molecule has 1 saturated heterocycles. The number of nitrogens with zero attached hydrogens (tertiary/aromatic N) is 4. The molecule has 17 heteroatoms. The zero-order valence-electron chi connectivity index (χ0n) is 37.8. The average molecular weight is 990 g/mol. The van der Waals surface area contributed by atoms with Crippen LogP contribution in [-0.4, -0.2) is 85.8 Å². The number of rotatable bonds is 13. The van der Waals surface area contributed by atoms with E-state index in [0.29, 0.717) is 34.5 Å². The third kappa shape index (κ3) is 8.67. The first-order chi connectivity index (χ1) is 32.0. The minimum Gasteiger partial charge on any atom is -0.493 e. The highest BCUT2D eigenvalue weighted by molar-refractivity contribution is 8.00. The lowest BCUT2D eigenvalue weighted by Gasteiger charge is -2.51. The van der Waals surface area contributed by atoms with E-state index in [9.17, 15) is 26.4 Å². The molecule has 9 rings (SSSR count). The number of aromatic nitrogens is 1. The van der Waals surface area contributed by atoms with Crippen molar-refractivity contribution in [3.8, 4) is 11.3 Å². The van der Waals surface area contributed by atoms with E-state index in [1.165, 1.54) is 23.5 Å². The number of allylic oxidation sites excluding steroid dienone is 1. The molecule has 1 aromatic heterocycles. The van der Waals surface area contributed by atoms with E-state index in [0.717, 1.165) is 94.3 Å². The molecule has 2 N–H and O–H groups in total. The number of hydrogen-bond acceptors (Lipinski definition) is 10. The number of hydrogen-bond donors (Lipinski definition) is 2. The molecule has 1 fully saturated rings. The maximum atomic E-state index is 14.6. The predicted octanol–water partition coefficient (Wildman–Crippen LogP) is 11.6. The molecule has 1 amide bonds. The fraction of sp³-hybridized carbons (Fsp3) is 0.340. The lowest BCUT2D eigenvalue weighted by molar-refractivity contribution is -0.0435. The van der Waals surface area contributed by atoms with Gasteiger partial charge in [0.15, 0.2) is 0 Å². The summed E-state index contributed by atoms with van der Waals surface area (Å²) in [5.74, 6) is 1.33. The maximum Gasteiger partial charge on any atom is 0.501 e. The summed E-state index contributed by atoms with van der Waals surface area (Å²) >= 11 is 8.94. The van der Waals surface area contributed by atoms with E-state index in [1.54, 1.807) is 6.07 Å². The van der Waals surface area contributed by atoms with Crippen LogP contribution in [0.4, 0.5) is 30.2 Å². The standard InChI is InChI=1S/C50H52ClF3N6O4S3/c1-31(2)60-33(4)43-44(45(60)34-11-13-35(51)14-12-34)49(5)30-41(32(3)46-47(49)59(48(43)61)26-27-64-46)58-24-22-57(23-25-58)37-17-15-36(16-18-37)56-66-39-19-20-40(42(29-39)67(62,63)50(52,53)54)55-21-28-65-38-9-7-6-8-10-38/h6-20,29-32,55-56H,21-28H2,1-5H3. The summed E-state index contributed by atoms with van der Waals surface area (Å²) in [6, 6.07) is 29.4. The highest BCUT2D eigenvalue weighted by Crippen LogP contribution is 2.56. The van der Waals surface area contributed by atoms with Crippen LogP contribution < -0.4 is 14.9 Å². The third-order valence-corrected chi connectivity index (χ3v) is 16.7. The van der Waals surface area contributed by atoms with Gasteiger partial charge in [0.2, 0.25) is 0 Å². The molecule has 4 heterocycles. The molecule has 0 saturated carbocycles. The molecule has 67 heavy (non-hydrogen) atoms. The van der Waals surface area contributed by atoms with Crippen LogP contribution in [0.2, 0.25) is 5.02 Å². The summed E-state index contributed by atoms with van der Waals surface area (Å²) in [4.78, 5) is 21.8. The third-order valence-electron chi connectivity index (χ3n) is 13.0. The molecule has 2 unspecified atom stereocenters. The van der Waals surface area contributed by atoms with Crippen LogP contribution in [0.5, 0.6) is 0 Å². The molecule has 10 nitrogen and oxygen atoms in total. The van der Waals surface area contributed by atoms with Crippen molar-refractivity contribution in [3.05, 3.63) is 142 Å². The minimum atomic E-state index is -5.63. The number of anilines is 3. The molecular formula is C50H52ClF3N6O4S3. The van der Waals surface area contributed by atoms with E-state index in [4.69, 9.17) is 16.3 Å². The molecule has 3 aliphatic heterocycles. The number of sulfone groups is 1. The summed E-state index contributed by atoms with van der Waals surface area (Å²) in [5.41, 5.74) is 2.35. The van der Waals surface area contributed by atoms with Gasteiger partial charge in [-0.15, -0.1) is 11.8 Å². The Labute approximate surface area is 403 Å². The summed E-state index contributed by atoms with van der Waals surface area (Å²) < 4.78 is 78.9. The molecule has 4 aromatic carbocycles. The number of thioether (sulfide) groups is 1. The number of halogens is 4. The van der Waals surface area contributed by atoms with E-state index >= 15 is 0 Å². The number of benzene rings is 4. The lowest BCUT2D eigenvalue weighted by Crippen LogP contribution is -2.54. The van der Waals surface area contributed by atoms with Gasteiger partial charge < -0.3 is 34.0 Å². The SMILES string of the molecule is Cc1c2c(c(-c3ccc(Cl)cc3)n1C(C)C)C1(C)C=C(N3CCN(c4ccc(NSc5ccc(NCCSc6ccccc6)c(S(=O)(=O)C(F)(F)F)c5)cc4)CC3)C(C)C3=C1N(CCO3)C2=O. The van der Waals surface area contributed by atoms with Crippen molar-refractivity contribution in [2.75, 3.05) is 66.6 Å². The Balaban J connectivity index is 0.903. The van der Waals surface area contributed by atoms with Crippen LogP contribution in [0.25, 0.3) is 11.3 Å². The molecule has 1 aliphatic carbocycles. The van der Waals surface area contributed by atoms with Gasteiger partial charge in [-0.3, -0.25) is 4.79 Å². The van der Waals surface area contributed by atoms with E-state index in [2.05, 4.69) is 65.1 Å². The van der Waals surface area contributed by atoms with Gasteiger partial charge in [-0.1, -0.05) is 41.9 Å². The van der Waals surface area contributed by atoms with Crippen LogP contribution in [0.3, 0.4) is 0 Å². The van der Waals surface area contributed by atoms with E-state index in [1.807, 2.05) is 83.8 Å². The van der Waals surface area contributed by atoms with Gasteiger partial charge in [-0.05, 0) is 125 Å². The molecular weight excluding hydrogens is 937 g/mol. The topological polar surface area (TPSA) is 99.2 Å². The van der Waals surface area contributed by atoms with Crippen molar-refractivity contribution in [1.29, 1.82) is 0 Å². The van der Waals surface area contributed by atoms with Gasteiger partial charge in [0.25, 0.3) is 15.7 Å². The molecule has 0 radical (unpaired) electrons. The smallest absolute Gasteiger partial charge is 0.493 e. The minimum absolute atomic E-state index is 0.0187. The number of carbonyl (C=O) groups is 1. The Bertz CT molecular complexity index is 2860. The van der Waals surface area contributed by atoms with Crippen molar-refractivity contribution in [3.63, 3.8) is 0 Å². The zero-order valence-corrected chi connectivity index (χ0v) is 41.0. The number of piperazine rings is 1. The van der Waals surface area contributed by atoms with Crippen molar-refractivity contribution in [2.45, 2.75) is 66.3 Å². The molecule has 5 aromatic rings. The summed E-state index contributed by atoms with van der Waals surface area (Å²) in [6.07, 6.45) is 2.39. The number of amides is 1. The normalized spacial score (nSPS) is 19.6. The number of nitrogens with one attached hydrogen (secondary N) is 2.